The van der Waals surface area contributed by atoms with Gasteiger partial charge < -0.3 is 4.74 Å². The third kappa shape index (κ3) is 2.25. The van der Waals surface area contributed by atoms with Gasteiger partial charge in [-0.3, -0.25) is 4.40 Å². The number of rotatable bonds is 3. The number of hydrogen-bond donors (Lipinski definition) is 0. The quantitative estimate of drug-likeness (QED) is 0.725. The summed E-state index contributed by atoms with van der Waals surface area (Å²) in [4.78, 5) is 0. The highest BCUT2D eigenvalue weighted by atomic mass is 19.3. The number of pyridine rings is 1. The van der Waals surface area contributed by atoms with Crippen LogP contribution in [0.3, 0.4) is 0 Å². The van der Waals surface area contributed by atoms with Gasteiger partial charge in [0.15, 0.2) is 5.65 Å². The van der Waals surface area contributed by atoms with Crippen LogP contribution in [0.4, 0.5) is 8.78 Å². The first-order chi connectivity index (χ1) is 12.6. The zero-order valence-electron chi connectivity index (χ0n) is 13.7. The highest BCUT2D eigenvalue weighted by Crippen LogP contribution is 2.50. The van der Waals surface area contributed by atoms with Crippen LogP contribution < -0.4 is 4.74 Å². The monoisotopic (exact) mass is 352 g/mol. The Hall–Kier alpha value is -3.01. The molecule has 2 aromatic heterocycles. The largest absolute Gasteiger partial charge is 0.493 e. The fraction of sp³-hybridized carbons (Fsp3) is 0.316. The Bertz CT molecular complexity index is 1080. The van der Waals surface area contributed by atoms with Gasteiger partial charge in [-0.2, -0.15) is 5.26 Å². The zero-order chi connectivity index (χ0) is 17.9. The van der Waals surface area contributed by atoms with E-state index in [0.29, 0.717) is 23.6 Å². The van der Waals surface area contributed by atoms with Gasteiger partial charge in [-0.05, 0) is 29.3 Å². The molecule has 7 heteroatoms. The minimum absolute atomic E-state index is 0.109. The number of ether oxygens (including phenoxy) is 1. The van der Waals surface area contributed by atoms with E-state index in [1.807, 2.05) is 24.3 Å². The summed E-state index contributed by atoms with van der Waals surface area (Å²) in [5, 5.41) is 17.8. The molecule has 0 saturated heterocycles. The van der Waals surface area contributed by atoms with Gasteiger partial charge in [0.05, 0.1) is 6.61 Å². The lowest BCUT2D eigenvalue weighted by Gasteiger charge is -2.08. The second-order valence-electron chi connectivity index (χ2n) is 6.81. The van der Waals surface area contributed by atoms with E-state index in [1.54, 1.807) is 10.6 Å². The van der Waals surface area contributed by atoms with Gasteiger partial charge in [0, 0.05) is 36.9 Å². The highest BCUT2D eigenvalue weighted by Gasteiger charge is 2.56. The Kier molecular flexibility index (Phi) is 3.08. The minimum Gasteiger partial charge on any atom is -0.493 e. The van der Waals surface area contributed by atoms with Crippen molar-refractivity contribution < 1.29 is 13.5 Å². The second kappa shape index (κ2) is 5.24. The molecule has 3 heterocycles. The van der Waals surface area contributed by atoms with Crippen LogP contribution in [0.1, 0.15) is 23.4 Å². The summed E-state index contributed by atoms with van der Waals surface area (Å²) >= 11 is 0. The van der Waals surface area contributed by atoms with Gasteiger partial charge in [-0.15, -0.1) is 10.2 Å². The number of hydrogen-bond acceptors (Lipinski definition) is 4. The number of benzene rings is 1. The number of alkyl halides is 2. The van der Waals surface area contributed by atoms with Crippen molar-refractivity contribution >= 4 is 5.65 Å². The van der Waals surface area contributed by atoms with Crippen molar-refractivity contribution in [2.75, 3.05) is 6.61 Å². The standard InChI is InChI=1S/C19H14F2N4O/c20-19(21)9-13(19)8-17-23-24-18-15(10-22)14(3-5-25(17)18)11-1-2-16-12(7-11)4-6-26-16/h1-3,5,7,13H,4,6,8-9H2/t13-/m1/s1. The Balaban J connectivity index is 1.58. The maximum Gasteiger partial charge on any atom is 0.252 e. The van der Waals surface area contributed by atoms with Crippen LogP contribution in [0.25, 0.3) is 16.8 Å². The summed E-state index contributed by atoms with van der Waals surface area (Å²) < 4.78 is 33.6. The van der Waals surface area contributed by atoms with Gasteiger partial charge in [0.25, 0.3) is 5.92 Å². The Morgan fingerprint density at radius 1 is 1.31 bits per heavy atom. The molecule has 5 rings (SSSR count). The Morgan fingerprint density at radius 3 is 2.92 bits per heavy atom. The average molecular weight is 352 g/mol. The van der Waals surface area contributed by atoms with E-state index in [9.17, 15) is 14.0 Å². The van der Waals surface area contributed by atoms with Crippen molar-refractivity contribution in [3.8, 4) is 22.9 Å². The van der Waals surface area contributed by atoms with E-state index in [-0.39, 0.29) is 12.8 Å². The molecule has 1 saturated carbocycles. The van der Waals surface area contributed by atoms with E-state index in [2.05, 4.69) is 16.3 Å². The molecule has 1 aliphatic carbocycles. The maximum absolute atomic E-state index is 13.2. The number of fused-ring (bicyclic) bond motifs is 2. The molecule has 0 spiro atoms. The van der Waals surface area contributed by atoms with Crippen molar-refractivity contribution in [2.45, 2.75) is 25.2 Å². The summed E-state index contributed by atoms with van der Waals surface area (Å²) in [5.41, 5.74) is 3.58. The molecular weight excluding hydrogens is 338 g/mol. The summed E-state index contributed by atoms with van der Waals surface area (Å²) in [6.07, 6.45) is 2.65. The van der Waals surface area contributed by atoms with Crippen LogP contribution in [0.2, 0.25) is 0 Å². The van der Waals surface area contributed by atoms with Crippen LogP contribution in [0, 0.1) is 17.2 Å². The van der Waals surface area contributed by atoms with Crippen molar-refractivity contribution in [3.05, 3.63) is 47.4 Å². The average Bonchev–Trinajstić information content (AvgIpc) is 3.00. The molecule has 0 bridgehead atoms. The lowest BCUT2D eigenvalue weighted by Crippen LogP contribution is -2.02. The summed E-state index contributed by atoms with van der Waals surface area (Å²) in [7, 11) is 0. The smallest absolute Gasteiger partial charge is 0.252 e. The van der Waals surface area contributed by atoms with Gasteiger partial charge in [0.1, 0.15) is 23.2 Å². The highest BCUT2D eigenvalue weighted by molar-refractivity contribution is 5.78. The molecule has 5 nitrogen and oxygen atoms in total. The number of aromatic nitrogens is 3. The molecule has 0 amide bonds. The maximum atomic E-state index is 13.2. The molecule has 1 aliphatic heterocycles. The van der Waals surface area contributed by atoms with Crippen molar-refractivity contribution in [2.24, 2.45) is 5.92 Å². The van der Waals surface area contributed by atoms with Gasteiger partial charge in [0.2, 0.25) is 0 Å². The summed E-state index contributed by atoms with van der Waals surface area (Å²) in [6, 6.07) is 9.87. The van der Waals surface area contributed by atoms with Crippen LogP contribution in [-0.2, 0) is 12.8 Å². The van der Waals surface area contributed by atoms with E-state index in [1.165, 1.54) is 0 Å². The summed E-state index contributed by atoms with van der Waals surface area (Å²) in [5.74, 6) is -1.94. The molecule has 1 atom stereocenters. The van der Waals surface area contributed by atoms with Crippen LogP contribution in [0.15, 0.2) is 30.5 Å². The first-order valence-corrected chi connectivity index (χ1v) is 8.47. The zero-order valence-corrected chi connectivity index (χ0v) is 13.7. The normalized spacial score (nSPS) is 19.8. The molecule has 0 N–H and O–H groups in total. The molecule has 1 aromatic carbocycles. The number of nitrogens with zero attached hydrogens (tertiary/aromatic N) is 4. The molecule has 1 fully saturated rings. The van der Waals surface area contributed by atoms with Gasteiger partial charge in [-0.25, -0.2) is 8.78 Å². The fourth-order valence-corrected chi connectivity index (χ4v) is 3.56. The first kappa shape index (κ1) is 15.3. The molecule has 2 aliphatic rings. The molecule has 26 heavy (non-hydrogen) atoms. The van der Waals surface area contributed by atoms with E-state index >= 15 is 0 Å². The number of halogens is 2. The first-order valence-electron chi connectivity index (χ1n) is 8.47. The topological polar surface area (TPSA) is 63.2 Å². The van der Waals surface area contributed by atoms with Gasteiger partial charge >= 0.3 is 0 Å². The third-order valence-electron chi connectivity index (χ3n) is 5.15. The molecule has 0 radical (unpaired) electrons. The van der Waals surface area contributed by atoms with Crippen molar-refractivity contribution in [1.29, 1.82) is 5.26 Å². The lowest BCUT2D eigenvalue weighted by molar-refractivity contribution is 0.0984. The fourth-order valence-electron chi connectivity index (χ4n) is 3.56. The van der Waals surface area contributed by atoms with E-state index < -0.39 is 11.8 Å². The van der Waals surface area contributed by atoms with Crippen LogP contribution >= 0.6 is 0 Å². The minimum atomic E-state index is -2.60. The van der Waals surface area contributed by atoms with E-state index in [0.717, 1.165) is 28.9 Å². The molecule has 130 valence electrons. The second-order valence-corrected chi connectivity index (χ2v) is 6.81. The number of nitriles is 1. The SMILES string of the molecule is N#Cc1c(-c2ccc3c(c2)CCO3)ccn2c(C[C@@H]3CC3(F)F)nnc12. The Labute approximate surface area is 147 Å². The predicted octanol–water partition coefficient (Wildman–Crippen LogP) is 3.40. The third-order valence-corrected chi connectivity index (χ3v) is 5.15. The van der Waals surface area contributed by atoms with Crippen molar-refractivity contribution in [1.82, 2.24) is 14.6 Å². The van der Waals surface area contributed by atoms with E-state index in [4.69, 9.17) is 4.74 Å². The van der Waals surface area contributed by atoms with Crippen molar-refractivity contribution in [3.63, 3.8) is 0 Å². The predicted molar refractivity (Wildman–Crippen MR) is 89.1 cm³/mol. The van der Waals surface area contributed by atoms with Crippen LogP contribution in [-0.4, -0.2) is 27.1 Å². The lowest BCUT2D eigenvalue weighted by atomic mass is 9.99. The molecule has 0 unspecified atom stereocenters. The Morgan fingerprint density at radius 2 is 2.15 bits per heavy atom. The van der Waals surface area contributed by atoms with Gasteiger partial charge in [-0.1, -0.05) is 6.07 Å². The van der Waals surface area contributed by atoms with Crippen LogP contribution in [0.5, 0.6) is 5.75 Å². The summed E-state index contributed by atoms with van der Waals surface area (Å²) in [6.45, 7) is 0.669. The molecule has 3 aromatic rings. The molecular formula is C19H14F2N4O.